The van der Waals surface area contributed by atoms with E-state index < -0.39 is 18.1 Å². The van der Waals surface area contributed by atoms with Gasteiger partial charge in [0.15, 0.2) is 12.0 Å². The predicted molar refractivity (Wildman–Crippen MR) is 113 cm³/mol. The molecule has 0 radical (unpaired) electrons. The number of ketones is 1. The molecule has 0 aromatic heterocycles. The number of aldehydes is 1. The van der Waals surface area contributed by atoms with Crippen molar-refractivity contribution in [3.05, 3.63) is 59.2 Å². The monoisotopic (exact) mass is 440 g/mol. The maximum absolute atomic E-state index is 13.3. The summed E-state index contributed by atoms with van der Waals surface area (Å²) in [6, 6.07) is 10.4. The van der Waals surface area contributed by atoms with Crippen LogP contribution in [0.4, 0.5) is 9.59 Å². The van der Waals surface area contributed by atoms with Crippen LogP contribution in [0.3, 0.4) is 0 Å². The van der Waals surface area contributed by atoms with E-state index in [-0.39, 0.29) is 40.9 Å². The number of ether oxygens (including phenoxy) is 4. The summed E-state index contributed by atoms with van der Waals surface area (Å²) in [6.45, 7) is 1.73. The van der Waals surface area contributed by atoms with E-state index >= 15 is 0 Å². The first-order valence-corrected chi connectivity index (χ1v) is 10.5. The zero-order chi connectivity index (χ0) is 22.9. The van der Waals surface area contributed by atoms with Gasteiger partial charge in [0, 0.05) is 0 Å². The number of rotatable bonds is 7. The van der Waals surface area contributed by atoms with E-state index in [0.29, 0.717) is 6.29 Å². The molecule has 1 fully saturated rings. The number of para-hydroxylation sites is 2. The average molecular weight is 440 g/mol. The Bertz CT molecular complexity index is 991. The second-order valence-electron chi connectivity index (χ2n) is 7.18. The Labute approximate surface area is 185 Å². The van der Waals surface area contributed by atoms with E-state index in [2.05, 4.69) is 0 Å². The van der Waals surface area contributed by atoms with Crippen molar-refractivity contribution in [3.8, 4) is 11.5 Å². The summed E-state index contributed by atoms with van der Waals surface area (Å²) in [6.07, 6.45) is 2.81. The SMILES string of the molecule is CCOC(=O)Oc1ccccc1C(=O)c1cccc(C=O)c1OC(=O)OC1CCCCC1. The third-order valence-corrected chi connectivity index (χ3v) is 5.00. The molecule has 2 aromatic carbocycles. The van der Waals surface area contributed by atoms with Crippen LogP contribution in [0.2, 0.25) is 0 Å². The number of carbonyl (C=O) groups excluding carboxylic acids is 4. The molecule has 8 nitrogen and oxygen atoms in total. The van der Waals surface area contributed by atoms with E-state index in [9.17, 15) is 19.2 Å². The molecule has 0 bridgehead atoms. The molecule has 2 aromatic rings. The largest absolute Gasteiger partial charge is 0.514 e. The Morgan fingerprint density at radius 2 is 1.62 bits per heavy atom. The highest BCUT2D eigenvalue weighted by atomic mass is 16.7. The average Bonchev–Trinajstić information content (AvgIpc) is 2.80. The molecule has 1 aliphatic carbocycles. The molecule has 168 valence electrons. The van der Waals surface area contributed by atoms with Gasteiger partial charge in [0.05, 0.1) is 23.3 Å². The second-order valence-corrected chi connectivity index (χ2v) is 7.18. The molecule has 0 amide bonds. The fraction of sp³-hybridized carbons (Fsp3) is 0.333. The Kier molecular flexibility index (Phi) is 7.96. The molecule has 0 unspecified atom stereocenters. The fourth-order valence-electron chi connectivity index (χ4n) is 3.49. The van der Waals surface area contributed by atoms with Crippen LogP contribution in [0.5, 0.6) is 11.5 Å². The highest BCUT2D eigenvalue weighted by Gasteiger charge is 2.25. The summed E-state index contributed by atoms with van der Waals surface area (Å²) in [5.41, 5.74) is 0.00411. The van der Waals surface area contributed by atoms with E-state index in [1.165, 1.54) is 30.3 Å². The molecule has 0 spiro atoms. The van der Waals surface area contributed by atoms with Crippen LogP contribution < -0.4 is 9.47 Å². The molecule has 0 saturated heterocycles. The maximum atomic E-state index is 13.3. The number of hydrogen-bond acceptors (Lipinski definition) is 8. The first kappa shape index (κ1) is 23.0. The van der Waals surface area contributed by atoms with Crippen LogP contribution in [0, 0.1) is 0 Å². The third kappa shape index (κ3) is 5.72. The lowest BCUT2D eigenvalue weighted by atomic mass is 9.98. The van der Waals surface area contributed by atoms with Gasteiger partial charge in [-0.3, -0.25) is 9.59 Å². The van der Waals surface area contributed by atoms with Crippen molar-refractivity contribution in [1.82, 2.24) is 0 Å². The van der Waals surface area contributed by atoms with Gasteiger partial charge >= 0.3 is 12.3 Å². The smallest absolute Gasteiger partial charge is 0.434 e. The quantitative estimate of drug-likeness (QED) is 0.253. The lowest BCUT2D eigenvalue weighted by Crippen LogP contribution is -2.24. The lowest BCUT2D eigenvalue weighted by Gasteiger charge is -2.21. The highest BCUT2D eigenvalue weighted by molar-refractivity contribution is 6.13. The van der Waals surface area contributed by atoms with E-state index in [1.807, 2.05) is 0 Å². The molecule has 3 rings (SSSR count). The van der Waals surface area contributed by atoms with Crippen molar-refractivity contribution >= 4 is 24.4 Å². The van der Waals surface area contributed by atoms with Crippen molar-refractivity contribution in [2.75, 3.05) is 6.61 Å². The van der Waals surface area contributed by atoms with Crippen LogP contribution in [-0.2, 0) is 9.47 Å². The predicted octanol–water partition coefficient (Wildman–Crippen LogP) is 5.11. The summed E-state index contributed by atoms with van der Waals surface area (Å²) in [5, 5.41) is 0. The summed E-state index contributed by atoms with van der Waals surface area (Å²) >= 11 is 0. The minimum atomic E-state index is -0.976. The summed E-state index contributed by atoms with van der Waals surface area (Å²) < 4.78 is 20.6. The second kappa shape index (κ2) is 11.1. The van der Waals surface area contributed by atoms with Gasteiger partial charge in [-0.25, -0.2) is 9.59 Å². The molecule has 32 heavy (non-hydrogen) atoms. The Morgan fingerprint density at radius 3 is 2.34 bits per heavy atom. The van der Waals surface area contributed by atoms with E-state index in [4.69, 9.17) is 18.9 Å². The Hall–Kier alpha value is -3.68. The van der Waals surface area contributed by atoms with Gasteiger partial charge in [0.2, 0.25) is 5.78 Å². The first-order valence-electron chi connectivity index (χ1n) is 10.5. The molecule has 0 atom stereocenters. The van der Waals surface area contributed by atoms with Crippen molar-refractivity contribution < 1.29 is 38.1 Å². The van der Waals surface area contributed by atoms with Gasteiger partial charge in [-0.1, -0.05) is 24.6 Å². The molecular weight excluding hydrogens is 416 g/mol. The van der Waals surface area contributed by atoms with Crippen molar-refractivity contribution in [1.29, 1.82) is 0 Å². The summed E-state index contributed by atoms with van der Waals surface area (Å²) in [7, 11) is 0. The summed E-state index contributed by atoms with van der Waals surface area (Å²) in [4.78, 5) is 49.0. The zero-order valence-corrected chi connectivity index (χ0v) is 17.7. The standard InChI is InChI=1S/C24H24O8/c1-2-29-23(27)31-20-14-7-6-12-18(20)21(26)19-13-8-9-16(15-25)22(19)32-24(28)30-17-10-4-3-5-11-17/h6-9,12-15,17H,2-5,10-11H2,1H3. The topological polar surface area (TPSA) is 105 Å². The molecule has 0 heterocycles. The molecular formula is C24H24O8. The van der Waals surface area contributed by atoms with Crippen LogP contribution >= 0.6 is 0 Å². The van der Waals surface area contributed by atoms with Crippen LogP contribution in [0.25, 0.3) is 0 Å². The molecule has 1 saturated carbocycles. The van der Waals surface area contributed by atoms with E-state index in [0.717, 1.165) is 32.1 Å². The van der Waals surface area contributed by atoms with Gasteiger partial charge < -0.3 is 18.9 Å². The minimum Gasteiger partial charge on any atom is -0.434 e. The third-order valence-electron chi connectivity index (χ3n) is 5.00. The number of benzene rings is 2. The van der Waals surface area contributed by atoms with Crippen molar-refractivity contribution in [3.63, 3.8) is 0 Å². The summed E-state index contributed by atoms with van der Waals surface area (Å²) in [5.74, 6) is -0.837. The first-order chi connectivity index (χ1) is 15.5. The Balaban J connectivity index is 1.88. The number of hydrogen-bond donors (Lipinski definition) is 0. The highest BCUT2D eigenvalue weighted by Crippen LogP contribution is 2.30. The van der Waals surface area contributed by atoms with Crippen molar-refractivity contribution in [2.24, 2.45) is 0 Å². The van der Waals surface area contributed by atoms with Crippen LogP contribution in [0.1, 0.15) is 65.3 Å². The fourth-order valence-corrected chi connectivity index (χ4v) is 3.49. The lowest BCUT2D eigenvalue weighted by molar-refractivity contribution is 0.0414. The minimum absolute atomic E-state index is 0.0141. The Morgan fingerprint density at radius 1 is 0.906 bits per heavy atom. The van der Waals surface area contributed by atoms with Gasteiger partial charge in [0.1, 0.15) is 11.9 Å². The molecule has 8 heteroatoms. The van der Waals surface area contributed by atoms with Gasteiger partial charge in [-0.15, -0.1) is 0 Å². The van der Waals surface area contributed by atoms with Gasteiger partial charge in [-0.2, -0.15) is 0 Å². The van der Waals surface area contributed by atoms with Crippen LogP contribution in [0.15, 0.2) is 42.5 Å². The number of carbonyl (C=O) groups is 4. The normalized spacial score (nSPS) is 13.7. The molecule has 0 aliphatic heterocycles. The van der Waals surface area contributed by atoms with Crippen LogP contribution in [-0.4, -0.2) is 37.1 Å². The molecule has 1 aliphatic rings. The van der Waals surface area contributed by atoms with Gasteiger partial charge in [-0.05, 0) is 56.9 Å². The zero-order valence-electron chi connectivity index (χ0n) is 17.7. The molecule has 0 N–H and O–H groups in total. The van der Waals surface area contributed by atoms with Crippen molar-refractivity contribution in [2.45, 2.75) is 45.1 Å². The van der Waals surface area contributed by atoms with E-state index in [1.54, 1.807) is 19.1 Å². The maximum Gasteiger partial charge on any atom is 0.514 e. The van der Waals surface area contributed by atoms with Gasteiger partial charge in [0.25, 0.3) is 0 Å².